The van der Waals surface area contributed by atoms with E-state index in [1.54, 1.807) is 6.92 Å². The molecular weight excluding hydrogens is 184 g/mol. The predicted octanol–water partition coefficient (Wildman–Crippen LogP) is 2.15. The molecule has 3 unspecified atom stereocenters. The normalized spacial score (nSPS) is 17.8. The topological polar surface area (TPSA) is 34.1 Å². The maximum Gasteiger partial charge on any atom is 0.131 e. The van der Waals surface area contributed by atoms with Gasteiger partial charge in [0.05, 0.1) is 0 Å². The van der Waals surface area contributed by atoms with Gasteiger partial charge in [-0.05, 0) is 12.8 Å². The van der Waals surface area contributed by atoms with Crippen LogP contribution in [-0.4, -0.2) is 21.0 Å². The summed E-state index contributed by atoms with van der Waals surface area (Å²) < 4.78 is 11.6. The highest BCUT2D eigenvalue weighted by Gasteiger charge is 2.15. The maximum absolute atomic E-state index is 11.6. The van der Waals surface area contributed by atoms with Crippen molar-refractivity contribution >= 4 is 16.6 Å². The number of carbonyl (C=O) groups excluding carboxylic acids is 1. The molecule has 0 heterocycles. The van der Waals surface area contributed by atoms with Crippen LogP contribution in [0.15, 0.2) is 0 Å². The van der Waals surface area contributed by atoms with Crippen molar-refractivity contribution in [3.8, 4) is 0 Å². The molecule has 0 aromatic rings. The van der Waals surface area contributed by atoms with E-state index in [1.807, 2.05) is 6.92 Å². The SMILES string of the molecule is CCC(C)CS(=O)C(C)CC(C)=O. The zero-order chi connectivity index (χ0) is 10.4. The molecular formula is C10H20O2S. The minimum atomic E-state index is -0.836. The van der Waals surface area contributed by atoms with E-state index in [-0.39, 0.29) is 11.0 Å². The standard InChI is InChI=1S/C10H20O2S/c1-5-8(2)7-13(12)10(4)6-9(3)11/h8,10H,5-7H2,1-4H3. The smallest absolute Gasteiger partial charge is 0.131 e. The second-order valence-electron chi connectivity index (χ2n) is 3.78. The number of hydrogen-bond acceptors (Lipinski definition) is 2. The van der Waals surface area contributed by atoms with E-state index in [9.17, 15) is 9.00 Å². The van der Waals surface area contributed by atoms with E-state index in [0.717, 1.165) is 12.2 Å². The van der Waals surface area contributed by atoms with Crippen LogP contribution in [-0.2, 0) is 15.6 Å². The monoisotopic (exact) mass is 204 g/mol. The van der Waals surface area contributed by atoms with E-state index in [4.69, 9.17) is 0 Å². The molecule has 0 radical (unpaired) electrons. The predicted molar refractivity (Wildman–Crippen MR) is 57.2 cm³/mol. The third-order valence-corrected chi connectivity index (χ3v) is 4.13. The molecule has 0 aliphatic heterocycles. The largest absolute Gasteiger partial charge is 0.300 e. The molecule has 0 bridgehead atoms. The second-order valence-corrected chi connectivity index (χ2v) is 5.68. The van der Waals surface area contributed by atoms with Gasteiger partial charge < -0.3 is 0 Å². The lowest BCUT2D eigenvalue weighted by molar-refractivity contribution is -0.116. The first-order valence-corrected chi connectivity index (χ1v) is 6.22. The van der Waals surface area contributed by atoms with Gasteiger partial charge in [-0.3, -0.25) is 9.00 Å². The van der Waals surface area contributed by atoms with E-state index in [0.29, 0.717) is 12.3 Å². The molecule has 3 heteroatoms. The summed E-state index contributed by atoms with van der Waals surface area (Å²) in [5.74, 6) is 1.35. The van der Waals surface area contributed by atoms with Crippen molar-refractivity contribution in [3.05, 3.63) is 0 Å². The van der Waals surface area contributed by atoms with Crippen molar-refractivity contribution in [3.63, 3.8) is 0 Å². The molecule has 0 rings (SSSR count). The highest BCUT2D eigenvalue weighted by molar-refractivity contribution is 7.85. The molecule has 0 fully saturated rings. The second kappa shape index (κ2) is 6.30. The van der Waals surface area contributed by atoms with Crippen LogP contribution in [0.25, 0.3) is 0 Å². The summed E-state index contributed by atoms with van der Waals surface area (Å²) in [6.07, 6.45) is 1.50. The lowest BCUT2D eigenvalue weighted by Gasteiger charge is -2.12. The summed E-state index contributed by atoms with van der Waals surface area (Å²) >= 11 is 0. The maximum atomic E-state index is 11.6. The molecule has 0 saturated heterocycles. The summed E-state index contributed by atoms with van der Waals surface area (Å²) in [6.45, 7) is 7.63. The van der Waals surface area contributed by atoms with Gasteiger partial charge in [-0.15, -0.1) is 0 Å². The number of rotatable bonds is 6. The molecule has 2 nitrogen and oxygen atoms in total. The molecule has 0 N–H and O–H groups in total. The molecule has 0 aromatic heterocycles. The van der Waals surface area contributed by atoms with Crippen LogP contribution in [0.3, 0.4) is 0 Å². The Morgan fingerprint density at radius 2 is 1.92 bits per heavy atom. The molecule has 0 aliphatic rings. The molecule has 0 amide bonds. The number of carbonyl (C=O) groups is 1. The van der Waals surface area contributed by atoms with Crippen LogP contribution >= 0.6 is 0 Å². The molecule has 0 spiro atoms. The van der Waals surface area contributed by atoms with Crippen LogP contribution in [0, 0.1) is 5.92 Å². The van der Waals surface area contributed by atoms with Crippen LogP contribution in [0.5, 0.6) is 0 Å². The number of hydrogen-bond donors (Lipinski definition) is 0. The van der Waals surface area contributed by atoms with Gasteiger partial charge in [0.25, 0.3) is 0 Å². The lowest BCUT2D eigenvalue weighted by atomic mass is 10.2. The Balaban J connectivity index is 3.89. The van der Waals surface area contributed by atoms with Gasteiger partial charge in [0.15, 0.2) is 0 Å². The van der Waals surface area contributed by atoms with Gasteiger partial charge in [-0.1, -0.05) is 27.2 Å². The van der Waals surface area contributed by atoms with Gasteiger partial charge in [0.1, 0.15) is 5.78 Å². The fourth-order valence-corrected chi connectivity index (χ4v) is 2.61. The fourth-order valence-electron chi connectivity index (χ4n) is 1.06. The molecule has 13 heavy (non-hydrogen) atoms. The van der Waals surface area contributed by atoms with Gasteiger partial charge in [0.2, 0.25) is 0 Å². The highest BCUT2D eigenvalue weighted by Crippen LogP contribution is 2.09. The lowest BCUT2D eigenvalue weighted by Crippen LogP contribution is -2.20. The minimum absolute atomic E-state index is 0.0199. The third kappa shape index (κ3) is 5.97. The molecule has 0 saturated carbocycles. The van der Waals surface area contributed by atoms with Crippen molar-refractivity contribution in [2.75, 3.05) is 5.75 Å². The van der Waals surface area contributed by atoms with Gasteiger partial charge >= 0.3 is 0 Å². The van der Waals surface area contributed by atoms with Crippen LogP contribution in [0.2, 0.25) is 0 Å². The Labute approximate surface area is 83.6 Å². The van der Waals surface area contributed by atoms with Crippen LogP contribution in [0.1, 0.15) is 40.5 Å². The zero-order valence-corrected chi connectivity index (χ0v) is 9.82. The van der Waals surface area contributed by atoms with Crippen molar-refractivity contribution in [1.29, 1.82) is 0 Å². The fraction of sp³-hybridized carbons (Fsp3) is 0.900. The third-order valence-electron chi connectivity index (χ3n) is 2.17. The summed E-state index contributed by atoms with van der Waals surface area (Å²) in [5, 5.41) is 0.0199. The van der Waals surface area contributed by atoms with Crippen molar-refractivity contribution in [2.24, 2.45) is 5.92 Å². The van der Waals surface area contributed by atoms with Gasteiger partial charge in [-0.25, -0.2) is 0 Å². The Kier molecular flexibility index (Phi) is 6.21. The van der Waals surface area contributed by atoms with E-state index in [2.05, 4.69) is 13.8 Å². The minimum Gasteiger partial charge on any atom is -0.300 e. The van der Waals surface area contributed by atoms with Crippen molar-refractivity contribution in [1.82, 2.24) is 0 Å². The number of Topliss-reactive ketones (excluding diaryl/α,β-unsaturated/α-hetero) is 1. The summed E-state index contributed by atoms with van der Waals surface area (Å²) in [6, 6.07) is 0. The Bertz CT molecular complexity index is 189. The van der Waals surface area contributed by atoms with Gasteiger partial charge in [-0.2, -0.15) is 0 Å². The van der Waals surface area contributed by atoms with Crippen molar-refractivity contribution in [2.45, 2.75) is 45.8 Å². The first-order valence-electron chi connectivity index (χ1n) is 4.84. The summed E-state index contributed by atoms with van der Waals surface area (Å²) in [7, 11) is -0.836. The van der Waals surface area contributed by atoms with Crippen LogP contribution in [0.4, 0.5) is 0 Å². The average Bonchev–Trinajstić information content (AvgIpc) is 2.02. The summed E-state index contributed by atoms with van der Waals surface area (Å²) in [5.41, 5.74) is 0. The first-order chi connectivity index (χ1) is 5.97. The molecule has 78 valence electrons. The zero-order valence-electron chi connectivity index (χ0n) is 9.00. The van der Waals surface area contributed by atoms with Crippen molar-refractivity contribution < 1.29 is 9.00 Å². The van der Waals surface area contributed by atoms with Gasteiger partial charge in [0, 0.05) is 28.2 Å². The molecule has 0 aliphatic carbocycles. The van der Waals surface area contributed by atoms with E-state index >= 15 is 0 Å². The Morgan fingerprint density at radius 3 is 2.31 bits per heavy atom. The molecule has 3 atom stereocenters. The average molecular weight is 204 g/mol. The first kappa shape index (κ1) is 12.8. The highest BCUT2D eigenvalue weighted by atomic mass is 32.2. The Hall–Kier alpha value is -0.180. The van der Waals surface area contributed by atoms with Crippen LogP contribution < -0.4 is 0 Å². The number of ketones is 1. The molecule has 0 aromatic carbocycles. The van der Waals surface area contributed by atoms with E-state index < -0.39 is 10.8 Å². The van der Waals surface area contributed by atoms with E-state index in [1.165, 1.54) is 0 Å². The summed E-state index contributed by atoms with van der Waals surface area (Å²) in [4.78, 5) is 10.8. The Morgan fingerprint density at radius 1 is 1.38 bits per heavy atom. The quantitative estimate of drug-likeness (QED) is 0.664.